The van der Waals surface area contributed by atoms with Crippen molar-refractivity contribution in [3.8, 4) is 0 Å². The van der Waals surface area contributed by atoms with Gasteiger partial charge in [-0.05, 0) is 59.1 Å². The topological polar surface area (TPSA) is 59.0 Å². The summed E-state index contributed by atoms with van der Waals surface area (Å²) in [5.41, 5.74) is 2.49. The molecule has 4 heterocycles. The van der Waals surface area contributed by atoms with E-state index < -0.39 is 0 Å². The van der Waals surface area contributed by atoms with Gasteiger partial charge in [-0.15, -0.1) is 0 Å². The standard InChI is InChI=1S/C19H17BrN4O/c20-16-10-15(11-21-12-16)19(25)24-8-5-13(6-9-24)17-4-3-14-2-1-7-22-18(14)23-17/h1-4,7,10-13H,5-6,8-9H2. The van der Waals surface area contributed by atoms with Crippen LogP contribution in [0.5, 0.6) is 0 Å². The van der Waals surface area contributed by atoms with Gasteiger partial charge in [0.25, 0.3) is 5.91 Å². The number of piperidine rings is 1. The number of likely N-dealkylation sites (tertiary alicyclic amines) is 1. The molecule has 0 spiro atoms. The number of carbonyl (C=O) groups excluding carboxylic acids is 1. The Balaban J connectivity index is 1.46. The first-order valence-corrected chi connectivity index (χ1v) is 9.11. The fourth-order valence-corrected chi connectivity index (χ4v) is 3.65. The molecule has 1 fully saturated rings. The van der Waals surface area contributed by atoms with Gasteiger partial charge < -0.3 is 4.90 Å². The smallest absolute Gasteiger partial charge is 0.255 e. The first-order chi connectivity index (χ1) is 12.2. The van der Waals surface area contributed by atoms with Crippen molar-refractivity contribution >= 4 is 32.9 Å². The van der Waals surface area contributed by atoms with Crippen molar-refractivity contribution in [1.82, 2.24) is 19.9 Å². The summed E-state index contributed by atoms with van der Waals surface area (Å²) in [6.07, 6.45) is 6.90. The summed E-state index contributed by atoms with van der Waals surface area (Å²) in [6, 6.07) is 9.93. The van der Waals surface area contributed by atoms with Gasteiger partial charge in [0.2, 0.25) is 0 Å². The Hall–Kier alpha value is -2.34. The lowest BCUT2D eigenvalue weighted by Crippen LogP contribution is -2.38. The SMILES string of the molecule is O=C(c1cncc(Br)c1)N1CCC(c2ccc3cccnc3n2)CC1. The average molecular weight is 397 g/mol. The Labute approximate surface area is 154 Å². The molecule has 0 atom stereocenters. The lowest BCUT2D eigenvalue weighted by Gasteiger charge is -2.31. The fourth-order valence-electron chi connectivity index (χ4n) is 3.28. The highest BCUT2D eigenvalue weighted by Crippen LogP contribution is 2.28. The second-order valence-corrected chi connectivity index (χ2v) is 7.16. The van der Waals surface area contributed by atoms with Crippen molar-refractivity contribution in [2.45, 2.75) is 18.8 Å². The minimum Gasteiger partial charge on any atom is -0.339 e. The van der Waals surface area contributed by atoms with Crippen molar-refractivity contribution in [3.63, 3.8) is 0 Å². The maximum Gasteiger partial charge on any atom is 0.255 e. The number of halogens is 1. The number of pyridine rings is 3. The molecule has 0 radical (unpaired) electrons. The lowest BCUT2D eigenvalue weighted by molar-refractivity contribution is 0.0711. The number of rotatable bonds is 2. The zero-order valence-corrected chi connectivity index (χ0v) is 15.2. The molecule has 6 heteroatoms. The maximum atomic E-state index is 12.6. The Morgan fingerprint density at radius 1 is 1.16 bits per heavy atom. The molecule has 0 unspecified atom stereocenters. The molecule has 126 valence electrons. The Morgan fingerprint density at radius 3 is 2.80 bits per heavy atom. The van der Waals surface area contributed by atoms with E-state index >= 15 is 0 Å². The van der Waals surface area contributed by atoms with Crippen molar-refractivity contribution < 1.29 is 4.79 Å². The first-order valence-electron chi connectivity index (χ1n) is 8.32. The summed E-state index contributed by atoms with van der Waals surface area (Å²) < 4.78 is 0.820. The van der Waals surface area contributed by atoms with Crippen LogP contribution >= 0.6 is 15.9 Å². The van der Waals surface area contributed by atoms with E-state index in [2.05, 4.69) is 38.0 Å². The predicted octanol–water partition coefficient (Wildman–Crippen LogP) is 3.81. The van der Waals surface area contributed by atoms with Crippen LogP contribution < -0.4 is 0 Å². The van der Waals surface area contributed by atoms with Crippen molar-refractivity contribution in [1.29, 1.82) is 0 Å². The molecule has 0 aromatic carbocycles. The van der Waals surface area contributed by atoms with Gasteiger partial charge >= 0.3 is 0 Å². The van der Waals surface area contributed by atoms with Crippen LogP contribution in [0.3, 0.4) is 0 Å². The zero-order valence-electron chi connectivity index (χ0n) is 13.6. The van der Waals surface area contributed by atoms with E-state index in [1.807, 2.05) is 23.1 Å². The normalized spacial score (nSPS) is 15.5. The number of carbonyl (C=O) groups is 1. The molecule has 4 rings (SSSR count). The molecule has 0 bridgehead atoms. The Kier molecular flexibility index (Phi) is 4.44. The quantitative estimate of drug-likeness (QED) is 0.660. The summed E-state index contributed by atoms with van der Waals surface area (Å²) in [7, 11) is 0. The summed E-state index contributed by atoms with van der Waals surface area (Å²) >= 11 is 3.37. The molecule has 1 amide bonds. The second kappa shape index (κ2) is 6.88. The first kappa shape index (κ1) is 16.1. The van der Waals surface area contributed by atoms with Gasteiger partial charge in [-0.3, -0.25) is 9.78 Å². The number of amides is 1. The van der Waals surface area contributed by atoms with Crippen molar-refractivity contribution in [3.05, 3.63) is 64.7 Å². The van der Waals surface area contributed by atoms with E-state index in [9.17, 15) is 4.79 Å². The van der Waals surface area contributed by atoms with Crippen LogP contribution in [0.25, 0.3) is 11.0 Å². The molecule has 3 aromatic rings. The molecule has 0 aliphatic carbocycles. The van der Waals surface area contributed by atoms with Crippen LogP contribution in [-0.2, 0) is 0 Å². The van der Waals surface area contributed by atoms with E-state index in [1.165, 1.54) is 0 Å². The van der Waals surface area contributed by atoms with E-state index in [-0.39, 0.29) is 5.91 Å². The maximum absolute atomic E-state index is 12.6. The molecule has 0 N–H and O–H groups in total. The molecule has 3 aromatic heterocycles. The summed E-state index contributed by atoms with van der Waals surface area (Å²) in [6.45, 7) is 1.47. The highest BCUT2D eigenvalue weighted by Gasteiger charge is 2.25. The van der Waals surface area contributed by atoms with Crippen LogP contribution in [0.15, 0.2) is 53.4 Å². The van der Waals surface area contributed by atoms with E-state index in [0.717, 1.165) is 47.1 Å². The fraction of sp³-hybridized carbons (Fsp3) is 0.263. The minimum absolute atomic E-state index is 0.0420. The molecule has 5 nitrogen and oxygen atoms in total. The molecule has 25 heavy (non-hydrogen) atoms. The third-order valence-electron chi connectivity index (χ3n) is 4.64. The van der Waals surface area contributed by atoms with Crippen LogP contribution in [0.2, 0.25) is 0 Å². The van der Waals surface area contributed by atoms with E-state index in [1.54, 1.807) is 18.6 Å². The Bertz CT molecular complexity index is 922. The number of nitrogens with zero attached hydrogens (tertiary/aromatic N) is 4. The molecular formula is C19H17BrN4O. The van der Waals surface area contributed by atoms with E-state index in [0.29, 0.717) is 11.5 Å². The lowest BCUT2D eigenvalue weighted by atomic mass is 9.92. The Morgan fingerprint density at radius 2 is 2.00 bits per heavy atom. The zero-order chi connectivity index (χ0) is 17.2. The molecule has 1 aliphatic heterocycles. The number of aromatic nitrogens is 3. The van der Waals surface area contributed by atoms with Gasteiger partial charge in [-0.25, -0.2) is 9.97 Å². The van der Waals surface area contributed by atoms with Gasteiger partial charge in [0.05, 0.1) is 5.56 Å². The van der Waals surface area contributed by atoms with Crippen LogP contribution in [0.4, 0.5) is 0 Å². The summed E-state index contributed by atoms with van der Waals surface area (Å²) in [4.78, 5) is 27.6. The van der Waals surface area contributed by atoms with Crippen LogP contribution in [0, 0.1) is 0 Å². The third-order valence-corrected chi connectivity index (χ3v) is 5.07. The molecule has 1 saturated heterocycles. The molecular weight excluding hydrogens is 380 g/mol. The van der Waals surface area contributed by atoms with Crippen LogP contribution in [0.1, 0.15) is 34.8 Å². The van der Waals surface area contributed by atoms with Gasteiger partial charge in [0, 0.05) is 53.2 Å². The van der Waals surface area contributed by atoms with E-state index in [4.69, 9.17) is 4.98 Å². The second-order valence-electron chi connectivity index (χ2n) is 6.24. The van der Waals surface area contributed by atoms with Crippen molar-refractivity contribution in [2.24, 2.45) is 0 Å². The summed E-state index contributed by atoms with van der Waals surface area (Å²) in [5.74, 6) is 0.413. The third kappa shape index (κ3) is 3.39. The van der Waals surface area contributed by atoms with Crippen LogP contribution in [-0.4, -0.2) is 38.8 Å². The van der Waals surface area contributed by atoms with Gasteiger partial charge in [-0.1, -0.05) is 0 Å². The predicted molar refractivity (Wildman–Crippen MR) is 99.4 cm³/mol. The highest BCUT2D eigenvalue weighted by atomic mass is 79.9. The number of fused-ring (bicyclic) bond motifs is 1. The minimum atomic E-state index is 0.0420. The number of hydrogen-bond acceptors (Lipinski definition) is 4. The molecule has 0 saturated carbocycles. The highest BCUT2D eigenvalue weighted by molar-refractivity contribution is 9.10. The van der Waals surface area contributed by atoms with Gasteiger partial charge in [0.1, 0.15) is 0 Å². The largest absolute Gasteiger partial charge is 0.339 e. The molecule has 1 aliphatic rings. The van der Waals surface area contributed by atoms with Gasteiger partial charge in [0.15, 0.2) is 5.65 Å². The number of hydrogen-bond donors (Lipinski definition) is 0. The monoisotopic (exact) mass is 396 g/mol. The summed E-state index contributed by atoms with van der Waals surface area (Å²) in [5, 5.41) is 1.06. The van der Waals surface area contributed by atoms with Crippen molar-refractivity contribution in [2.75, 3.05) is 13.1 Å². The average Bonchev–Trinajstić information content (AvgIpc) is 2.67. The van der Waals surface area contributed by atoms with Gasteiger partial charge in [-0.2, -0.15) is 0 Å².